The van der Waals surface area contributed by atoms with Crippen molar-refractivity contribution in [3.8, 4) is 0 Å². The Morgan fingerprint density at radius 3 is 2.81 bits per heavy atom. The zero-order valence-electron chi connectivity index (χ0n) is 8.87. The van der Waals surface area contributed by atoms with Crippen LogP contribution in [0, 0.1) is 5.82 Å². The van der Waals surface area contributed by atoms with E-state index in [4.69, 9.17) is 5.73 Å². The van der Waals surface area contributed by atoms with Crippen molar-refractivity contribution >= 4 is 11.7 Å². The molecule has 3 N–H and O–H groups in total. The first-order valence-corrected chi connectivity index (χ1v) is 5.28. The average molecular weight is 223 g/mol. The molecule has 0 bridgehead atoms. The number of carbonyl (C=O) groups excluding carboxylic acids is 1. The molecule has 1 saturated carbocycles. The van der Waals surface area contributed by atoms with Crippen molar-refractivity contribution in [2.24, 2.45) is 5.73 Å². The maximum Gasteiger partial charge on any atom is 0.227 e. The molecule has 0 unspecified atom stereocenters. The Bertz CT molecular complexity index is 387. The lowest BCUT2D eigenvalue weighted by Crippen LogP contribution is -2.48. The van der Waals surface area contributed by atoms with Crippen LogP contribution in [0.4, 0.5) is 10.2 Å². The number of rotatable bonds is 3. The van der Waals surface area contributed by atoms with E-state index in [1.54, 1.807) is 0 Å². The van der Waals surface area contributed by atoms with Gasteiger partial charge in [-0.15, -0.1) is 0 Å². The monoisotopic (exact) mass is 223 g/mol. The molecule has 1 amide bonds. The Kier molecular flexibility index (Phi) is 2.87. The quantitative estimate of drug-likeness (QED) is 0.814. The molecule has 4 nitrogen and oxygen atoms in total. The minimum absolute atomic E-state index is 0.165. The number of nitrogens with one attached hydrogen (secondary N) is 1. The van der Waals surface area contributed by atoms with Crippen molar-refractivity contribution in [3.05, 3.63) is 24.1 Å². The fourth-order valence-electron chi connectivity index (χ4n) is 1.76. The number of anilines is 1. The summed E-state index contributed by atoms with van der Waals surface area (Å²) in [5.41, 5.74) is 5.60. The van der Waals surface area contributed by atoms with E-state index in [0.717, 1.165) is 25.5 Å². The predicted octanol–water partition coefficient (Wildman–Crippen LogP) is 1.43. The van der Waals surface area contributed by atoms with Gasteiger partial charge in [-0.3, -0.25) is 4.79 Å². The van der Waals surface area contributed by atoms with E-state index in [-0.39, 0.29) is 11.4 Å². The molecule has 2 rings (SSSR count). The molecule has 0 saturated heterocycles. The third-order valence-electron chi connectivity index (χ3n) is 2.86. The summed E-state index contributed by atoms with van der Waals surface area (Å²) in [6.07, 6.45) is 4.22. The van der Waals surface area contributed by atoms with Crippen molar-refractivity contribution in [3.63, 3.8) is 0 Å². The molecule has 16 heavy (non-hydrogen) atoms. The largest absolute Gasteiger partial charge is 0.325 e. The van der Waals surface area contributed by atoms with Gasteiger partial charge in [0.15, 0.2) is 0 Å². The molecule has 0 aromatic carbocycles. The SMILES string of the molecule is NC1(CC(=O)Nc2ccc(F)cn2)CCC1. The maximum absolute atomic E-state index is 12.6. The van der Waals surface area contributed by atoms with Crippen LogP contribution in [-0.2, 0) is 4.79 Å². The van der Waals surface area contributed by atoms with E-state index >= 15 is 0 Å². The molecule has 86 valence electrons. The number of carbonyl (C=O) groups is 1. The summed E-state index contributed by atoms with van der Waals surface area (Å²) in [4.78, 5) is 15.3. The van der Waals surface area contributed by atoms with Crippen molar-refractivity contribution in [1.29, 1.82) is 0 Å². The number of nitrogens with zero attached hydrogens (tertiary/aromatic N) is 1. The molecule has 1 fully saturated rings. The number of aromatic nitrogens is 1. The van der Waals surface area contributed by atoms with Crippen molar-refractivity contribution in [2.45, 2.75) is 31.2 Å². The molecule has 1 aromatic heterocycles. The highest BCUT2D eigenvalue weighted by Gasteiger charge is 2.34. The van der Waals surface area contributed by atoms with Crippen molar-refractivity contribution < 1.29 is 9.18 Å². The molecule has 1 aliphatic rings. The van der Waals surface area contributed by atoms with Crippen LogP contribution in [-0.4, -0.2) is 16.4 Å². The second-order valence-corrected chi connectivity index (χ2v) is 4.30. The number of hydrogen-bond donors (Lipinski definition) is 2. The zero-order chi connectivity index (χ0) is 11.6. The van der Waals surface area contributed by atoms with Crippen LogP contribution < -0.4 is 11.1 Å². The van der Waals surface area contributed by atoms with Gasteiger partial charge >= 0.3 is 0 Å². The van der Waals surface area contributed by atoms with Gasteiger partial charge in [0.25, 0.3) is 0 Å². The van der Waals surface area contributed by atoms with Gasteiger partial charge in [-0.05, 0) is 31.4 Å². The predicted molar refractivity (Wildman–Crippen MR) is 58.2 cm³/mol. The Labute approximate surface area is 93.1 Å². The topological polar surface area (TPSA) is 68.0 Å². The number of nitrogens with two attached hydrogens (primary N) is 1. The van der Waals surface area contributed by atoms with Crippen LogP contribution in [0.1, 0.15) is 25.7 Å². The van der Waals surface area contributed by atoms with E-state index in [9.17, 15) is 9.18 Å². The normalized spacial score (nSPS) is 17.6. The minimum Gasteiger partial charge on any atom is -0.325 e. The minimum atomic E-state index is -0.424. The molecule has 0 radical (unpaired) electrons. The van der Waals surface area contributed by atoms with E-state index in [1.165, 1.54) is 12.1 Å². The molecule has 0 atom stereocenters. The lowest BCUT2D eigenvalue weighted by atomic mass is 9.75. The van der Waals surface area contributed by atoms with Crippen LogP contribution in [0.5, 0.6) is 0 Å². The van der Waals surface area contributed by atoms with Crippen molar-refractivity contribution in [2.75, 3.05) is 5.32 Å². The fourth-order valence-corrected chi connectivity index (χ4v) is 1.76. The Hall–Kier alpha value is -1.49. The van der Waals surface area contributed by atoms with Crippen LogP contribution >= 0.6 is 0 Å². The van der Waals surface area contributed by atoms with Gasteiger partial charge in [-0.1, -0.05) is 0 Å². The summed E-state index contributed by atoms with van der Waals surface area (Å²) in [6.45, 7) is 0. The van der Waals surface area contributed by atoms with E-state index in [0.29, 0.717) is 12.2 Å². The summed E-state index contributed by atoms with van der Waals surface area (Å²) < 4.78 is 12.6. The molecule has 1 aliphatic carbocycles. The lowest BCUT2D eigenvalue weighted by molar-refractivity contribution is -0.118. The van der Waals surface area contributed by atoms with Crippen molar-refractivity contribution in [1.82, 2.24) is 4.98 Å². The number of pyridine rings is 1. The van der Waals surface area contributed by atoms with Gasteiger partial charge in [0.05, 0.1) is 6.20 Å². The number of halogens is 1. The molecule has 1 aromatic rings. The van der Waals surface area contributed by atoms with E-state index < -0.39 is 5.82 Å². The third-order valence-corrected chi connectivity index (χ3v) is 2.86. The van der Waals surface area contributed by atoms with Crippen LogP contribution in [0.3, 0.4) is 0 Å². The first-order valence-electron chi connectivity index (χ1n) is 5.28. The third kappa shape index (κ3) is 2.55. The fraction of sp³-hybridized carbons (Fsp3) is 0.455. The van der Waals surface area contributed by atoms with Gasteiger partial charge in [-0.2, -0.15) is 0 Å². The smallest absolute Gasteiger partial charge is 0.227 e. The standard InChI is InChI=1S/C11H14FN3O/c12-8-2-3-9(14-7-8)15-10(16)6-11(13)4-1-5-11/h2-3,7H,1,4-6,13H2,(H,14,15,16). The van der Waals surface area contributed by atoms with Gasteiger partial charge in [0.2, 0.25) is 5.91 Å². The van der Waals surface area contributed by atoms with Gasteiger partial charge in [-0.25, -0.2) is 9.37 Å². The zero-order valence-corrected chi connectivity index (χ0v) is 8.87. The Morgan fingerprint density at radius 2 is 2.31 bits per heavy atom. The molecular formula is C11H14FN3O. The average Bonchev–Trinajstić information content (AvgIpc) is 2.19. The van der Waals surface area contributed by atoms with Crippen LogP contribution in [0.2, 0.25) is 0 Å². The van der Waals surface area contributed by atoms with Crippen LogP contribution in [0.15, 0.2) is 18.3 Å². The highest BCUT2D eigenvalue weighted by molar-refractivity contribution is 5.90. The second-order valence-electron chi connectivity index (χ2n) is 4.30. The van der Waals surface area contributed by atoms with Gasteiger partial charge in [0, 0.05) is 12.0 Å². The summed E-state index contributed by atoms with van der Waals surface area (Å²) in [6, 6.07) is 2.68. The Balaban J connectivity index is 1.89. The first kappa shape index (κ1) is 11.0. The molecule has 1 heterocycles. The number of amides is 1. The van der Waals surface area contributed by atoms with Crippen LogP contribution in [0.25, 0.3) is 0 Å². The summed E-state index contributed by atoms with van der Waals surface area (Å²) in [7, 11) is 0. The molecule has 0 spiro atoms. The Morgan fingerprint density at radius 1 is 1.56 bits per heavy atom. The lowest BCUT2D eigenvalue weighted by Gasteiger charge is -2.37. The first-order chi connectivity index (χ1) is 7.57. The van der Waals surface area contributed by atoms with E-state index in [1.807, 2.05) is 0 Å². The summed E-state index contributed by atoms with van der Waals surface area (Å²) in [5.74, 6) is -0.233. The number of hydrogen-bond acceptors (Lipinski definition) is 3. The van der Waals surface area contributed by atoms with Gasteiger partial charge in [0.1, 0.15) is 11.6 Å². The van der Waals surface area contributed by atoms with E-state index in [2.05, 4.69) is 10.3 Å². The molecule has 5 heteroatoms. The molecule has 0 aliphatic heterocycles. The highest BCUT2D eigenvalue weighted by atomic mass is 19.1. The van der Waals surface area contributed by atoms with Gasteiger partial charge < -0.3 is 11.1 Å². The highest BCUT2D eigenvalue weighted by Crippen LogP contribution is 2.32. The molecular weight excluding hydrogens is 209 g/mol. The maximum atomic E-state index is 12.6. The summed E-state index contributed by atoms with van der Waals surface area (Å²) >= 11 is 0. The summed E-state index contributed by atoms with van der Waals surface area (Å²) in [5, 5.41) is 2.60. The second kappa shape index (κ2) is 4.17.